The maximum absolute atomic E-state index is 5.65. The van der Waals surface area contributed by atoms with E-state index in [1.807, 2.05) is 0 Å². The van der Waals surface area contributed by atoms with Crippen LogP contribution in [0.25, 0.3) is 0 Å². The fourth-order valence-corrected chi connectivity index (χ4v) is 1.71. The van der Waals surface area contributed by atoms with E-state index in [2.05, 4.69) is 31.2 Å². The normalized spacial score (nSPS) is 18.4. The summed E-state index contributed by atoms with van der Waals surface area (Å²) in [4.78, 5) is 0. The topological polar surface area (TPSA) is 21.8 Å². The van der Waals surface area contributed by atoms with E-state index in [0.29, 0.717) is 6.10 Å². The third kappa shape index (κ3) is 3.86. The van der Waals surface area contributed by atoms with E-state index in [1.165, 1.54) is 18.4 Å². The number of benzene rings is 1. The molecular weight excluding hydrogens is 200 g/mol. The second-order valence-electron chi connectivity index (χ2n) is 4.36. The van der Waals surface area contributed by atoms with E-state index in [1.54, 1.807) is 0 Å². The van der Waals surface area contributed by atoms with Gasteiger partial charge in [-0.2, -0.15) is 0 Å². The predicted octanol–water partition coefficient (Wildman–Crippen LogP) is 3.20. The molecule has 1 aliphatic rings. The zero-order valence-electron chi connectivity index (χ0n) is 9.95. The second-order valence-corrected chi connectivity index (χ2v) is 4.36. The minimum absolute atomic E-state index is 0.469. The molecule has 2 rings (SSSR count). The largest absolute Gasteiger partial charge is 0.494 e. The molecule has 0 radical (unpaired) electrons. The third-order valence-electron chi connectivity index (χ3n) is 2.81. The highest BCUT2D eigenvalue weighted by Crippen LogP contribution is 2.19. The van der Waals surface area contributed by atoms with Crippen LogP contribution in [0.1, 0.15) is 31.7 Å². The van der Waals surface area contributed by atoms with Crippen molar-refractivity contribution in [2.75, 3.05) is 13.2 Å². The van der Waals surface area contributed by atoms with E-state index >= 15 is 0 Å². The Hall–Kier alpha value is -1.02. The Kier molecular flexibility index (Phi) is 4.23. The van der Waals surface area contributed by atoms with Crippen LogP contribution in [0.15, 0.2) is 24.3 Å². The Morgan fingerprint density at radius 1 is 1.25 bits per heavy atom. The number of rotatable bonds is 7. The third-order valence-corrected chi connectivity index (χ3v) is 2.81. The number of hydrogen-bond acceptors (Lipinski definition) is 2. The fourth-order valence-electron chi connectivity index (χ4n) is 1.71. The van der Waals surface area contributed by atoms with Crippen molar-refractivity contribution in [2.45, 2.75) is 38.7 Å². The van der Waals surface area contributed by atoms with Crippen LogP contribution in [-0.2, 0) is 11.2 Å². The van der Waals surface area contributed by atoms with Gasteiger partial charge in [0.2, 0.25) is 0 Å². The van der Waals surface area contributed by atoms with E-state index in [9.17, 15) is 0 Å². The van der Waals surface area contributed by atoms with Crippen LogP contribution in [-0.4, -0.2) is 19.3 Å². The van der Waals surface area contributed by atoms with Gasteiger partial charge in [-0.1, -0.05) is 31.9 Å². The highest BCUT2D eigenvalue weighted by atomic mass is 16.6. The molecule has 1 aromatic rings. The monoisotopic (exact) mass is 220 g/mol. The molecular formula is C14H20O2. The lowest BCUT2D eigenvalue weighted by atomic mass is 10.1. The first kappa shape index (κ1) is 11.5. The van der Waals surface area contributed by atoms with Gasteiger partial charge in [-0.15, -0.1) is 0 Å². The molecule has 1 aliphatic heterocycles. The number of unbranched alkanes of at least 4 members (excludes halogenated alkanes) is 2. The summed E-state index contributed by atoms with van der Waals surface area (Å²) in [6, 6.07) is 8.39. The molecule has 0 saturated carbocycles. The molecule has 1 heterocycles. The van der Waals surface area contributed by atoms with Gasteiger partial charge < -0.3 is 9.47 Å². The summed E-state index contributed by atoms with van der Waals surface area (Å²) >= 11 is 0. The van der Waals surface area contributed by atoms with Crippen LogP contribution in [0.4, 0.5) is 0 Å². The number of hydrogen-bond donors (Lipinski definition) is 0. The minimum atomic E-state index is 0.469. The van der Waals surface area contributed by atoms with Crippen molar-refractivity contribution < 1.29 is 9.47 Å². The van der Waals surface area contributed by atoms with Gasteiger partial charge in [0.25, 0.3) is 0 Å². The highest BCUT2D eigenvalue weighted by molar-refractivity contribution is 5.27. The van der Waals surface area contributed by atoms with Crippen molar-refractivity contribution in [3.8, 4) is 5.75 Å². The van der Waals surface area contributed by atoms with Crippen molar-refractivity contribution in [1.82, 2.24) is 0 Å². The van der Waals surface area contributed by atoms with Crippen LogP contribution in [0.2, 0.25) is 0 Å². The SMILES string of the molecule is CCCCCOc1ccc(CC2CO2)cc1. The van der Waals surface area contributed by atoms with Gasteiger partial charge in [0, 0.05) is 6.42 Å². The zero-order valence-corrected chi connectivity index (χ0v) is 9.95. The lowest BCUT2D eigenvalue weighted by Gasteiger charge is -2.06. The summed E-state index contributed by atoms with van der Waals surface area (Å²) in [5.74, 6) is 0.983. The molecule has 2 heteroatoms. The molecule has 1 fully saturated rings. The van der Waals surface area contributed by atoms with Gasteiger partial charge in [-0.05, 0) is 24.1 Å². The molecule has 0 bridgehead atoms. The van der Waals surface area contributed by atoms with Crippen molar-refractivity contribution in [3.63, 3.8) is 0 Å². The summed E-state index contributed by atoms with van der Waals surface area (Å²) in [5.41, 5.74) is 1.34. The highest BCUT2D eigenvalue weighted by Gasteiger charge is 2.22. The van der Waals surface area contributed by atoms with E-state index in [0.717, 1.165) is 31.8 Å². The standard InChI is InChI=1S/C14H20O2/c1-2-3-4-9-15-13-7-5-12(6-8-13)10-14-11-16-14/h5-8,14H,2-4,9-11H2,1H3. The number of ether oxygens (including phenoxy) is 2. The molecule has 0 spiro atoms. The van der Waals surface area contributed by atoms with Gasteiger partial charge in [0.1, 0.15) is 5.75 Å². The summed E-state index contributed by atoms with van der Waals surface area (Å²) in [5, 5.41) is 0. The summed E-state index contributed by atoms with van der Waals surface area (Å²) in [7, 11) is 0. The lowest BCUT2D eigenvalue weighted by Crippen LogP contribution is -1.97. The molecule has 0 aliphatic carbocycles. The summed E-state index contributed by atoms with van der Waals surface area (Å²) < 4.78 is 10.9. The van der Waals surface area contributed by atoms with Crippen molar-refractivity contribution in [3.05, 3.63) is 29.8 Å². The summed E-state index contributed by atoms with van der Waals surface area (Å²) in [6.07, 6.45) is 5.14. The Morgan fingerprint density at radius 3 is 2.62 bits per heavy atom. The molecule has 0 amide bonds. The maximum atomic E-state index is 5.65. The molecule has 1 aromatic carbocycles. The molecule has 16 heavy (non-hydrogen) atoms. The lowest BCUT2D eigenvalue weighted by molar-refractivity contribution is 0.306. The van der Waals surface area contributed by atoms with Crippen LogP contribution < -0.4 is 4.74 Å². The smallest absolute Gasteiger partial charge is 0.119 e. The Bertz CT molecular complexity index is 301. The number of epoxide rings is 1. The fraction of sp³-hybridized carbons (Fsp3) is 0.571. The molecule has 88 valence electrons. The van der Waals surface area contributed by atoms with Crippen molar-refractivity contribution in [2.24, 2.45) is 0 Å². The van der Waals surface area contributed by atoms with E-state index in [-0.39, 0.29) is 0 Å². The van der Waals surface area contributed by atoms with Crippen molar-refractivity contribution >= 4 is 0 Å². The molecule has 2 nitrogen and oxygen atoms in total. The average molecular weight is 220 g/mol. The summed E-state index contributed by atoms with van der Waals surface area (Å²) in [6.45, 7) is 3.96. The predicted molar refractivity (Wildman–Crippen MR) is 64.9 cm³/mol. The van der Waals surface area contributed by atoms with Crippen LogP contribution >= 0.6 is 0 Å². The van der Waals surface area contributed by atoms with E-state index < -0.39 is 0 Å². The van der Waals surface area contributed by atoms with Gasteiger partial charge in [-0.3, -0.25) is 0 Å². The van der Waals surface area contributed by atoms with Gasteiger partial charge in [-0.25, -0.2) is 0 Å². The molecule has 0 N–H and O–H groups in total. The van der Waals surface area contributed by atoms with Crippen LogP contribution in [0, 0.1) is 0 Å². The van der Waals surface area contributed by atoms with Gasteiger partial charge in [0.05, 0.1) is 19.3 Å². The first-order valence-corrected chi connectivity index (χ1v) is 6.22. The Morgan fingerprint density at radius 2 is 2.00 bits per heavy atom. The first-order valence-electron chi connectivity index (χ1n) is 6.22. The Labute approximate surface area is 97.6 Å². The second kappa shape index (κ2) is 5.90. The average Bonchev–Trinajstić information content (AvgIpc) is 3.11. The van der Waals surface area contributed by atoms with Gasteiger partial charge in [0.15, 0.2) is 0 Å². The van der Waals surface area contributed by atoms with Crippen molar-refractivity contribution in [1.29, 1.82) is 0 Å². The molecule has 1 saturated heterocycles. The Balaban J connectivity index is 1.72. The molecule has 0 aromatic heterocycles. The maximum Gasteiger partial charge on any atom is 0.119 e. The zero-order chi connectivity index (χ0) is 11.2. The van der Waals surface area contributed by atoms with Gasteiger partial charge >= 0.3 is 0 Å². The van der Waals surface area contributed by atoms with E-state index in [4.69, 9.17) is 9.47 Å². The van der Waals surface area contributed by atoms with Crippen LogP contribution in [0.3, 0.4) is 0 Å². The first-order chi connectivity index (χ1) is 7.88. The molecule has 1 atom stereocenters. The van der Waals surface area contributed by atoms with Crippen LogP contribution in [0.5, 0.6) is 5.75 Å². The quantitative estimate of drug-likeness (QED) is 0.520. The molecule has 1 unspecified atom stereocenters. The minimum Gasteiger partial charge on any atom is -0.494 e.